The van der Waals surface area contributed by atoms with Crippen LogP contribution < -0.4 is 20.2 Å². The number of aromatic nitrogens is 6. The highest BCUT2D eigenvalue weighted by atomic mass is 19.1. The van der Waals surface area contributed by atoms with Gasteiger partial charge in [0, 0.05) is 56.3 Å². The van der Waals surface area contributed by atoms with Crippen molar-refractivity contribution in [3.8, 4) is 11.4 Å². The van der Waals surface area contributed by atoms with Crippen molar-refractivity contribution in [3.63, 3.8) is 0 Å². The van der Waals surface area contributed by atoms with Crippen LogP contribution in [0, 0.1) is 11.6 Å². The second-order valence-electron chi connectivity index (χ2n) is 12.1. The molecule has 0 aliphatic carbocycles. The number of hydrogen-bond acceptors (Lipinski definition) is 10. The molecule has 2 aromatic heterocycles. The summed E-state index contributed by atoms with van der Waals surface area (Å²) < 4.78 is 56.6. The lowest BCUT2D eigenvalue weighted by atomic mass is 10.0. The quantitative estimate of drug-likeness (QED) is 0.190. The van der Waals surface area contributed by atoms with Crippen LogP contribution >= 0.6 is 0 Å². The van der Waals surface area contributed by atoms with Crippen molar-refractivity contribution < 1.29 is 27.7 Å². The summed E-state index contributed by atoms with van der Waals surface area (Å²) in [6, 6.07) is 19.1. The van der Waals surface area contributed by atoms with Gasteiger partial charge in [-0.2, -0.15) is 14.9 Å². The normalized spacial score (nSPS) is 20.0. The van der Waals surface area contributed by atoms with Crippen molar-refractivity contribution in [2.24, 2.45) is 0 Å². The molecule has 262 valence electrons. The maximum atomic E-state index is 14.9. The fourth-order valence-corrected chi connectivity index (χ4v) is 6.40. The molecule has 2 saturated heterocycles. The van der Waals surface area contributed by atoms with Gasteiger partial charge in [0.05, 0.1) is 12.3 Å². The molecule has 50 heavy (non-hydrogen) atoms. The number of methoxy groups -OCH3 is 1. The van der Waals surface area contributed by atoms with Gasteiger partial charge in [-0.05, 0) is 67.1 Å². The van der Waals surface area contributed by atoms with Gasteiger partial charge in [0.1, 0.15) is 55.6 Å². The van der Waals surface area contributed by atoms with Crippen LogP contribution in [0.1, 0.15) is 25.1 Å². The van der Waals surface area contributed by atoms with Crippen LogP contribution in [0.25, 0.3) is 5.69 Å². The Morgan fingerprint density at radius 3 is 2.22 bits per heavy atom. The Morgan fingerprint density at radius 2 is 1.60 bits per heavy atom. The van der Waals surface area contributed by atoms with E-state index in [4.69, 9.17) is 18.9 Å². The molecule has 2 aliphatic heterocycles. The Balaban J connectivity index is 0.924. The lowest BCUT2D eigenvalue weighted by molar-refractivity contribution is -0.192. The number of halogens is 2. The maximum Gasteiger partial charge on any atom is 0.352 e. The number of piperazine rings is 1. The van der Waals surface area contributed by atoms with Crippen LogP contribution in [0.5, 0.6) is 5.75 Å². The molecule has 0 radical (unpaired) electrons. The van der Waals surface area contributed by atoms with Gasteiger partial charge in [-0.1, -0.05) is 6.92 Å². The van der Waals surface area contributed by atoms with Gasteiger partial charge in [-0.15, -0.1) is 0 Å². The molecule has 13 nitrogen and oxygen atoms in total. The molecule has 0 spiro atoms. The van der Waals surface area contributed by atoms with Crippen molar-refractivity contribution >= 4 is 11.4 Å². The third kappa shape index (κ3) is 6.84. The van der Waals surface area contributed by atoms with Crippen LogP contribution in [-0.2, 0) is 26.5 Å². The maximum absolute atomic E-state index is 14.9. The molecule has 15 heteroatoms. The van der Waals surface area contributed by atoms with Gasteiger partial charge >= 0.3 is 5.69 Å². The zero-order valence-electron chi connectivity index (χ0n) is 27.8. The summed E-state index contributed by atoms with van der Waals surface area (Å²) in [6.45, 7) is 5.64. The average Bonchev–Trinajstić information content (AvgIpc) is 3.90. The van der Waals surface area contributed by atoms with Crippen molar-refractivity contribution in [1.82, 2.24) is 29.1 Å². The Hall–Kier alpha value is -5.12. The van der Waals surface area contributed by atoms with Crippen LogP contribution in [0.4, 0.5) is 20.2 Å². The molecule has 3 atom stereocenters. The highest BCUT2D eigenvalue weighted by Crippen LogP contribution is 2.38. The van der Waals surface area contributed by atoms with Crippen LogP contribution in [0.2, 0.25) is 0 Å². The highest BCUT2D eigenvalue weighted by Gasteiger charge is 2.46. The summed E-state index contributed by atoms with van der Waals surface area (Å²) in [4.78, 5) is 21.5. The smallest absolute Gasteiger partial charge is 0.352 e. The summed E-state index contributed by atoms with van der Waals surface area (Å²) in [5.41, 5.74) is 2.76. The summed E-state index contributed by atoms with van der Waals surface area (Å²) in [5.74, 6) is -2.31. The van der Waals surface area contributed by atoms with E-state index in [0.29, 0.717) is 12.2 Å². The fourth-order valence-electron chi connectivity index (χ4n) is 6.40. The van der Waals surface area contributed by atoms with Crippen molar-refractivity contribution in [2.75, 3.05) is 56.3 Å². The zero-order chi connectivity index (χ0) is 34.7. The lowest BCUT2D eigenvalue weighted by Crippen LogP contribution is -2.46. The largest absolute Gasteiger partial charge is 0.491 e. The first kappa shape index (κ1) is 33.4. The second-order valence-corrected chi connectivity index (χ2v) is 12.1. The van der Waals surface area contributed by atoms with Crippen molar-refractivity contribution in [1.29, 1.82) is 0 Å². The molecule has 1 unspecified atom stereocenters. The number of hydrogen-bond donors (Lipinski definition) is 0. The molecule has 2 aliphatic rings. The summed E-state index contributed by atoms with van der Waals surface area (Å²) in [5, 5.41) is 8.33. The summed E-state index contributed by atoms with van der Waals surface area (Å²) >= 11 is 0. The molecule has 5 aromatic rings. The summed E-state index contributed by atoms with van der Waals surface area (Å²) in [7, 11) is 1.57. The molecule has 4 heterocycles. The minimum absolute atomic E-state index is 0.0297. The minimum atomic E-state index is -1.51. The van der Waals surface area contributed by atoms with Gasteiger partial charge in [0.25, 0.3) is 0 Å². The van der Waals surface area contributed by atoms with Gasteiger partial charge in [0.2, 0.25) is 5.79 Å². The monoisotopic (exact) mass is 688 g/mol. The van der Waals surface area contributed by atoms with E-state index in [1.54, 1.807) is 7.11 Å². The standard InChI is InChI=1S/C35H38F2N8O5/c1-3-33(47-2)45-34(46)44(24-40-45)28-7-5-26(6-8-28)41-14-16-42(17-15-41)27-9-11-29(12-10-27)48-19-30-20-49-35(50-30,21-43-23-38-22-39-43)31-13-4-25(36)18-32(31)37/h4-13,18,22-24,30,33H,3,14-17,19-21H2,1-2H3/t30-,33?,35-/m1/s1. The number of nitrogens with zero attached hydrogens (tertiary/aromatic N) is 8. The topological polar surface area (TPSA) is 114 Å². The van der Waals surface area contributed by atoms with E-state index >= 15 is 0 Å². The van der Waals surface area contributed by atoms with E-state index in [9.17, 15) is 13.6 Å². The molecule has 0 bridgehead atoms. The third-order valence-corrected chi connectivity index (χ3v) is 9.04. The Labute approximate surface area is 287 Å². The van der Waals surface area contributed by atoms with Crippen LogP contribution in [0.15, 0.2) is 90.5 Å². The van der Waals surface area contributed by atoms with Crippen molar-refractivity contribution in [2.45, 2.75) is 38.0 Å². The second kappa shape index (κ2) is 14.4. The van der Waals surface area contributed by atoms with Gasteiger partial charge < -0.3 is 28.7 Å². The van der Waals surface area contributed by atoms with E-state index in [0.717, 1.165) is 49.3 Å². The van der Waals surface area contributed by atoms with E-state index < -0.39 is 29.8 Å². The predicted molar refractivity (Wildman–Crippen MR) is 179 cm³/mol. The number of ether oxygens (including phenoxy) is 4. The van der Waals surface area contributed by atoms with E-state index in [-0.39, 0.29) is 31.0 Å². The molecule has 0 saturated carbocycles. The molecular weight excluding hydrogens is 650 g/mol. The third-order valence-electron chi connectivity index (χ3n) is 9.04. The Morgan fingerprint density at radius 1 is 0.920 bits per heavy atom. The predicted octanol–water partition coefficient (Wildman–Crippen LogP) is 4.13. The number of rotatable bonds is 12. The SMILES string of the molecule is CCC(OC)n1ncn(-c2ccc(N3CCN(c4ccc(OC[C@@H]5CO[C@@](Cn6cncn6)(c6ccc(F)cc6F)O5)cc4)CC3)cc2)c1=O. The zero-order valence-corrected chi connectivity index (χ0v) is 27.8. The van der Waals surface area contributed by atoms with E-state index in [1.165, 1.54) is 45.0 Å². The molecule has 0 N–H and O–H groups in total. The molecule has 0 amide bonds. The van der Waals surface area contributed by atoms with E-state index in [2.05, 4.69) is 25.0 Å². The first-order chi connectivity index (χ1) is 24.4. The highest BCUT2D eigenvalue weighted by molar-refractivity contribution is 5.54. The molecular formula is C35H38F2N8O5. The van der Waals surface area contributed by atoms with Gasteiger partial charge in [0.15, 0.2) is 6.23 Å². The average molecular weight is 689 g/mol. The number of benzene rings is 3. The Kier molecular flexibility index (Phi) is 9.61. The fraction of sp³-hybridized carbons (Fsp3) is 0.371. The molecule has 2 fully saturated rings. The lowest BCUT2D eigenvalue weighted by Gasteiger charge is -2.37. The summed E-state index contributed by atoms with van der Waals surface area (Å²) in [6.07, 6.45) is 4.10. The number of anilines is 2. The van der Waals surface area contributed by atoms with E-state index in [1.807, 2.05) is 55.5 Å². The first-order valence-corrected chi connectivity index (χ1v) is 16.5. The van der Waals surface area contributed by atoms with Crippen LogP contribution in [-0.4, -0.2) is 81.7 Å². The van der Waals surface area contributed by atoms with Gasteiger partial charge in [-0.25, -0.2) is 27.8 Å². The molecule has 7 rings (SSSR count). The molecule has 3 aromatic carbocycles. The van der Waals surface area contributed by atoms with Crippen molar-refractivity contribution in [3.05, 3.63) is 113 Å². The first-order valence-electron chi connectivity index (χ1n) is 16.5. The van der Waals surface area contributed by atoms with Crippen LogP contribution in [0.3, 0.4) is 0 Å². The minimum Gasteiger partial charge on any atom is -0.491 e. The Bertz CT molecular complexity index is 1920. The van der Waals surface area contributed by atoms with Gasteiger partial charge in [-0.3, -0.25) is 0 Å².